The molecule has 0 atom stereocenters. The number of aromatic nitrogens is 1. The number of benzene rings is 2. The number of para-hydroxylation sites is 2. The Morgan fingerprint density at radius 2 is 1.97 bits per heavy atom. The number of rotatable bonds is 5. The lowest BCUT2D eigenvalue weighted by molar-refractivity contribution is -0.121. The van der Waals surface area contributed by atoms with Crippen molar-refractivity contribution in [3.05, 3.63) is 53.5 Å². The van der Waals surface area contributed by atoms with Gasteiger partial charge in [0, 0.05) is 10.9 Å². The van der Waals surface area contributed by atoms with Gasteiger partial charge in [0.1, 0.15) is 11.6 Å². The molecule has 0 saturated heterocycles. The molecule has 148 valence electrons. The van der Waals surface area contributed by atoms with Gasteiger partial charge in [0.05, 0.1) is 37.7 Å². The third-order valence-electron chi connectivity index (χ3n) is 4.59. The van der Waals surface area contributed by atoms with Gasteiger partial charge < -0.3 is 19.7 Å². The molecule has 4 rings (SSSR count). The number of anilines is 2. The van der Waals surface area contributed by atoms with Gasteiger partial charge in [-0.15, -0.1) is 11.3 Å². The molecule has 7 nitrogen and oxygen atoms in total. The Balaban J connectivity index is 1.54. The van der Waals surface area contributed by atoms with Gasteiger partial charge in [0.15, 0.2) is 11.5 Å². The van der Waals surface area contributed by atoms with E-state index in [1.54, 1.807) is 20.3 Å². The first-order valence-corrected chi connectivity index (χ1v) is 9.83. The van der Waals surface area contributed by atoms with Crippen molar-refractivity contribution in [3.63, 3.8) is 0 Å². The lowest BCUT2D eigenvalue weighted by atomic mass is 10.1. The first kappa shape index (κ1) is 18.9. The van der Waals surface area contributed by atoms with Gasteiger partial charge in [-0.2, -0.15) is 0 Å². The molecule has 29 heavy (non-hydrogen) atoms. The number of methoxy groups -OCH3 is 2. The predicted octanol–water partition coefficient (Wildman–Crippen LogP) is 3.36. The zero-order valence-electron chi connectivity index (χ0n) is 16.0. The van der Waals surface area contributed by atoms with Gasteiger partial charge >= 0.3 is 0 Å². The van der Waals surface area contributed by atoms with Crippen molar-refractivity contribution < 1.29 is 19.1 Å². The molecular formula is C21H19N3O4S. The summed E-state index contributed by atoms with van der Waals surface area (Å²) in [6, 6.07) is 12.8. The van der Waals surface area contributed by atoms with Crippen LogP contribution in [-0.2, 0) is 16.0 Å². The number of carbonyl (C=O) groups is 2. The Bertz CT molecular complexity index is 1080. The van der Waals surface area contributed by atoms with Crippen molar-refractivity contribution in [3.8, 4) is 22.1 Å². The highest BCUT2D eigenvalue weighted by atomic mass is 32.1. The molecule has 2 amide bonds. The second-order valence-corrected chi connectivity index (χ2v) is 7.29. The quantitative estimate of drug-likeness (QED) is 0.699. The summed E-state index contributed by atoms with van der Waals surface area (Å²) in [6.07, 6.45) is 0.116. The first-order chi connectivity index (χ1) is 14.1. The number of thiazole rings is 1. The lowest BCUT2D eigenvalue weighted by Gasteiger charge is -2.29. The molecule has 0 unspecified atom stereocenters. The molecular weight excluding hydrogens is 390 g/mol. The Morgan fingerprint density at radius 1 is 1.17 bits per heavy atom. The topological polar surface area (TPSA) is 80.8 Å². The lowest BCUT2D eigenvalue weighted by Crippen LogP contribution is -2.42. The Morgan fingerprint density at radius 3 is 2.76 bits per heavy atom. The largest absolute Gasteiger partial charge is 0.493 e. The van der Waals surface area contributed by atoms with Gasteiger partial charge in [0.25, 0.3) is 0 Å². The van der Waals surface area contributed by atoms with Crippen LogP contribution in [0.25, 0.3) is 10.6 Å². The minimum atomic E-state index is -0.207. The van der Waals surface area contributed by atoms with Crippen LogP contribution in [0, 0.1) is 0 Å². The van der Waals surface area contributed by atoms with Crippen molar-refractivity contribution >= 4 is 34.5 Å². The van der Waals surface area contributed by atoms with Crippen LogP contribution in [-0.4, -0.2) is 37.6 Å². The van der Waals surface area contributed by atoms with Crippen LogP contribution < -0.4 is 19.7 Å². The SMILES string of the molecule is COc1ccc(-c2nc(CC(=O)N3CC(=O)Nc4ccccc43)cs2)cc1OC. The molecule has 1 N–H and O–H groups in total. The third kappa shape index (κ3) is 3.79. The molecule has 0 radical (unpaired) electrons. The summed E-state index contributed by atoms with van der Waals surface area (Å²) in [5, 5.41) is 5.43. The standard InChI is InChI=1S/C21H19N3O4S/c1-27-17-8-7-13(9-18(17)28-2)21-22-14(12-29-21)10-20(26)24-11-19(25)23-15-5-3-4-6-16(15)24/h3-9,12H,10-11H2,1-2H3,(H,23,25). The molecule has 2 heterocycles. The second kappa shape index (κ2) is 7.92. The number of ether oxygens (including phenoxy) is 2. The van der Waals surface area contributed by atoms with E-state index in [9.17, 15) is 9.59 Å². The molecule has 2 aromatic carbocycles. The minimum absolute atomic E-state index is 0.00250. The summed E-state index contributed by atoms with van der Waals surface area (Å²) in [5.41, 5.74) is 2.89. The van der Waals surface area contributed by atoms with Crippen LogP contribution in [0.5, 0.6) is 11.5 Å². The molecule has 3 aromatic rings. The molecule has 0 saturated carbocycles. The summed E-state index contributed by atoms with van der Waals surface area (Å²) >= 11 is 1.45. The number of hydrogen-bond acceptors (Lipinski definition) is 6. The van der Waals surface area contributed by atoms with Crippen LogP contribution in [0.2, 0.25) is 0 Å². The summed E-state index contributed by atoms with van der Waals surface area (Å²) < 4.78 is 10.6. The molecule has 0 fully saturated rings. The minimum Gasteiger partial charge on any atom is -0.493 e. The van der Waals surface area contributed by atoms with E-state index in [0.717, 1.165) is 10.6 Å². The van der Waals surface area contributed by atoms with E-state index < -0.39 is 0 Å². The smallest absolute Gasteiger partial charge is 0.244 e. The number of hydrogen-bond donors (Lipinski definition) is 1. The third-order valence-corrected chi connectivity index (χ3v) is 5.53. The highest BCUT2D eigenvalue weighted by Gasteiger charge is 2.27. The van der Waals surface area contributed by atoms with Crippen molar-refractivity contribution in [1.82, 2.24) is 4.98 Å². The van der Waals surface area contributed by atoms with Crippen molar-refractivity contribution in [1.29, 1.82) is 0 Å². The zero-order valence-corrected chi connectivity index (χ0v) is 16.8. The molecule has 1 aliphatic heterocycles. The normalized spacial score (nSPS) is 12.9. The van der Waals surface area contributed by atoms with Gasteiger partial charge in [0.2, 0.25) is 11.8 Å². The molecule has 1 aliphatic rings. The number of fused-ring (bicyclic) bond motifs is 1. The zero-order chi connectivity index (χ0) is 20.4. The van der Waals surface area contributed by atoms with Gasteiger partial charge in [-0.25, -0.2) is 4.98 Å². The van der Waals surface area contributed by atoms with E-state index in [4.69, 9.17) is 9.47 Å². The maximum Gasteiger partial charge on any atom is 0.244 e. The molecule has 1 aromatic heterocycles. The predicted molar refractivity (Wildman–Crippen MR) is 112 cm³/mol. The number of amides is 2. The van der Waals surface area contributed by atoms with E-state index in [-0.39, 0.29) is 24.8 Å². The van der Waals surface area contributed by atoms with Gasteiger partial charge in [-0.3, -0.25) is 9.59 Å². The van der Waals surface area contributed by atoms with E-state index >= 15 is 0 Å². The van der Waals surface area contributed by atoms with E-state index in [1.807, 2.05) is 41.8 Å². The monoisotopic (exact) mass is 409 g/mol. The summed E-state index contributed by atoms with van der Waals surface area (Å²) in [6.45, 7) is 0.00250. The maximum atomic E-state index is 12.9. The van der Waals surface area contributed by atoms with Crippen LogP contribution in [0.1, 0.15) is 5.69 Å². The number of nitrogens with one attached hydrogen (secondary N) is 1. The second-order valence-electron chi connectivity index (χ2n) is 6.44. The average Bonchev–Trinajstić information content (AvgIpc) is 3.20. The van der Waals surface area contributed by atoms with Gasteiger partial charge in [-0.05, 0) is 30.3 Å². The maximum absolute atomic E-state index is 12.9. The molecule has 0 spiro atoms. The van der Waals surface area contributed by atoms with E-state index in [2.05, 4.69) is 10.3 Å². The van der Waals surface area contributed by atoms with Gasteiger partial charge in [-0.1, -0.05) is 12.1 Å². The van der Waals surface area contributed by atoms with Crippen molar-refractivity contribution in [2.75, 3.05) is 31.0 Å². The van der Waals surface area contributed by atoms with Crippen LogP contribution >= 0.6 is 11.3 Å². The summed E-state index contributed by atoms with van der Waals surface area (Å²) in [5.74, 6) is 0.886. The Labute approximate surface area is 171 Å². The Hall–Kier alpha value is -3.39. The Kier molecular flexibility index (Phi) is 5.18. The van der Waals surface area contributed by atoms with Crippen molar-refractivity contribution in [2.24, 2.45) is 0 Å². The van der Waals surface area contributed by atoms with Crippen LogP contribution in [0.15, 0.2) is 47.8 Å². The molecule has 8 heteroatoms. The van der Waals surface area contributed by atoms with Crippen molar-refractivity contribution in [2.45, 2.75) is 6.42 Å². The fraction of sp³-hybridized carbons (Fsp3) is 0.190. The fourth-order valence-corrected chi connectivity index (χ4v) is 4.01. The number of nitrogens with zero attached hydrogens (tertiary/aromatic N) is 2. The summed E-state index contributed by atoms with van der Waals surface area (Å²) in [4.78, 5) is 30.9. The average molecular weight is 409 g/mol. The van der Waals surface area contributed by atoms with Crippen LogP contribution in [0.4, 0.5) is 11.4 Å². The highest BCUT2D eigenvalue weighted by molar-refractivity contribution is 7.13. The first-order valence-electron chi connectivity index (χ1n) is 8.95. The fourth-order valence-electron chi connectivity index (χ4n) is 3.20. The molecule has 0 bridgehead atoms. The number of carbonyl (C=O) groups excluding carboxylic acids is 2. The summed E-state index contributed by atoms with van der Waals surface area (Å²) in [7, 11) is 3.17. The van der Waals surface area contributed by atoms with E-state index in [0.29, 0.717) is 28.6 Å². The van der Waals surface area contributed by atoms with Crippen LogP contribution in [0.3, 0.4) is 0 Å². The molecule has 0 aliphatic carbocycles. The van der Waals surface area contributed by atoms with E-state index in [1.165, 1.54) is 16.2 Å². The highest BCUT2D eigenvalue weighted by Crippen LogP contribution is 2.34.